The van der Waals surface area contributed by atoms with Gasteiger partial charge in [0.15, 0.2) is 17.2 Å². The number of nitrogens with zero attached hydrogens (tertiary/aromatic N) is 2. The quantitative estimate of drug-likeness (QED) is 0.914. The van der Waals surface area contributed by atoms with Crippen molar-refractivity contribution in [1.82, 2.24) is 9.78 Å². The average Bonchev–Trinajstić information content (AvgIpc) is 3.06. The summed E-state index contributed by atoms with van der Waals surface area (Å²) in [6, 6.07) is 6.95. The molecule has 0 aliphatic carbocycles. The zero-order chi connectivity index (χ0) is 13.2. The molecule has 0 bridgehead atoms. The first-order chi connectivity index (χ1) is 9.26. The van der Waals surface area contributed by atoms with Gasteiger partial charge in [-0.2, -0.15) is 5.10 Å². The Morgan fingerprint density at radius 2 is 2.21 bits per heavy atom. The van der Waals surface area contributed by atoms with Gasteiger partial charge in [-0.1, -0.05) is 0 Å². The monoisotopic (exact) mass is 259 g/mol. The van der Waals surface area contributed by atoms with Crippen LogP contribution in [0.2, 0.25) is 0 Å². The minimum absolute atomic E-state index is 0.216. The van der Waals surface area contributed by atoms with Gasteiger partial charge in [0, 0.05) is 24.5 Å². The molecule has 0 fully saturated rings. The highest BCUT2D eigenvalue weighted by Gasteiger charge is 2.15. The van der Waals surface area contributed by atoms with E-state index in [0.717, 1.165) is 6.54 Å². The van der Waals surface area contributed by atoms with E-state index in [0.29, 0.717) is 22.9 Å². The van der Waals surface area contributed by atoms with Crippen LogP contribution in [-0.4, -0.2) is 22.5 Å². The number of benzene rings is 1. The summed E-state index contributed by atoms with van der Waals surface area (Å²) in [6.07, 6.45) is 1.77. The number of carbonyl (C=O) groups is 1. The first-order valence-electron chi connectivity index (χ1n) is 6.00. The molecule has 3 rings (SSSR count). The van der Waals surface area contributed by atoms with E-state index >= 15 is 0 Å². The Hall–Kier alpha value is -2.50. The molecular formula is C13H13N3O3. The van der Waals surface area contributed by atoms with Gasteiger partial charge in [-0.05, 0) is 25.1 Å². The molecule has 2 heterocycles. The Balaban J connectivity index is 1.75. The molecule has 1 aliphatic heterocycles. The Labute approximate surface area is 109 Å². The molecule has 1 aromatic carbocycles. The van der Waals surface area contributed by atoms with Gasteiger partial charge in [0.05, 0.1) is 0 Å². The molecule has 0 atom stereocenters. The number of fused-ring (bicyclic) bond motifs is 1. The minimum atomic E-state index is -0.244. The number of ether oxygens (including phenoxy) is 2. The number of nitrogens with one attached hydrogen (secondary N) is 1. The van der Waals surface area contributed by atoms with Gasteiger partial charge in [-0.3, -0.25) is 9.48 Å². The highest BCUT2D eigenvalue weighted by molar-refractivity contribution is 6.02. The van der Waals surface area contributed by atoms with Gasteiger partial charge < -0.3 is 14.8 Å². The molecular weight excluding hydrogens is 246 g/mol. The van der Waals surface area contributed by atoms with Crippen LogP contribution in [-0.2, 0) is 6.54 Å². The molecule has 1 aromatic heterocycles. The second-order valence-corrected chi connectivity index (χ2v) is 4.08. The van der Waals surface area contributed by atoms with Crippen molar-refractivity contribution in [3.63, 3.8) is 0 Å². The Morgan fingerprint density at radius 3 is 3.00 bits per heavy atom. The van der Waals surface area contributed by atoms with Crippen LogP contribution in [0.1, 0.15) is 17.4 Å². The van der Waals surface area contributed by atoms with Crippen LogP contribution >= 0.6 is 0 Å². The maximum absolute atomic E-state index is 12.0. The van der Waals surface area contributed by atoms with E-state index in [4.69, 9.17) is 9.47 Å². The highest BCUT2D eigenvalue weighted by atomic mass is 16.7. The van der Waals surface area contributed by atoms with E-state index < -0.39 is 0 Å². The number of anilines is 1. The van der Waals surface area contributed by atoms with Crippen LogP contribution in [0.3, 0.4) is 0 Å². The van der Waals surface area contributed by atoms with Crippen LogP contribution in [0.25, 0.3) is 0 Å². The van der Waals surface area contributed by atoms with Crippen LogP contribution in [0, 0.1) is 0 Å². The second kappa shape index (κ2) is 4.64. The number of aromatic nitrogens is 2. The molecule has 0 radical (unpaired) electrons. The van der Waals surface area contributed by atoms with Crippen molar-refractivity contribution in [1.29, 1.82) is 0 Å². The number of hydrogen-bond acceptors (Lipinski definition) is 4. The van der Waals surface area contributed by atoms with Gasteiger partial charge in [0.2, 0.25) is 6.79 Å². The van der Waals surface area contributed by atoms with Crippen LogP contribution in [0.5, 0.6) is 11.5 Å². The summed E-state index contributed by atoms with van der Waals surface area (Å²) in [5, 5.41) is 6.92. The van der Waals surface area contributed by atoms with E-state index in [-0.39, 0.29) is 12.7 Å². The lowest BCUT2D eigenvalue weighted by Crippen LogP contribution is -2.13. The molecule has 98 valence electrons. The third-order valence-corrected chi connectivity index (χ3v) is 2.83. The van der Waals surface area contributed by atoms with Crippen molar-refractivity contribution >= 4 is 11.6 Å². The molecule has 0 saturated carbocycles. The SMILES string of the molecule is CCn1ccc(C(=O)Nc2ccc3c(c2)OCO3)n1. The third-order valence-electron chi connectivity index (χ3n) is 2.83. The standard InChI is InChI=1S/C13H13N3O3/c1-2-16-6-5-10(15-16)13(17)14-9-3-4-11-12(7-9)19-8-18-11/h3-7H,2,8H2,1H3,(H,14,17). The largest absolute Gasteiger partial charge is 0.454 e. The van der Waals surface area contributed by atoms with E-state index in [1.807, 2.05) is 6.92 Å². The molecule has 6 heteroatoms. The van der Waals surface area contributed by atoms with Gasteiger partial charge >= 0.3 is 0 Å². The summed E-state index contributed by atoms with van der Waals surface area (Å²) >= 11 is 0. The fourth-order valence-corrected chi connectivity index (χ4v) is 1.83. The van der Waals surface area contributed by atoms with Crippen LogP contribution in [0.4, 0.5) is 5.69 Å². The highest BCUT2D eigenvalue weighted by Crippen LogP contribution is 2.34. The van der Waals surface area contributed by atoms with Crippen molar-refractivity contribution in [2.75, 3.05) is 12.1 Å². The second-order valence-electron chi connectivity index (χ2n) is 4.08. The zero-order valence-electron chi connectivity index (χ0n) is 10.4. The maximum Gasteiger partial charge on any atom is 0.276 e. The first kappa shape index (κ1) is 11.6. The summed E-state index contributed by atoms with van der Waals surface area (Å²) in [6.45, 7) is 2.91. The van der Waals surface area contributed by atoms with Crippen molar-refractivity contribution in [3.05, 3.63) is 36.2 Å². The summed E-state index contributed by atoms with van der Waals surface area (Å²) in [7, 11) is 0. The number of rotatable bonds is 3. The Morgan fingerprint density at radius 1 is 1.37 bits per heavy atom. The number of carbonyl (C=O) groups excluding carboxylic acids is 1. The molecule has 6 nitrogen and oxygen atoms in total. The molecule has 0 saturated heterocycles. The molecule has 2 aromatic rings. The summed E-state index contributed by atoms with van der Waals surface area (Å²) < 4.78 is 12.2. The van der Waals surface area contributed by atoms with Crippen molar-refractivity contribution in [2.45, 2.75) is 13.5 Å². The number of aryl methyl sites for hydroxylation is 1. The predicted molar refractivity (Wildman–Crippen MR) is 68.4 cm³/mol. The minimum Gasteiger partial charge on any atom is -0.454 e. The Kier molecular flexibility index (Phi) is 2.83. The number of amides is 1. The normalized spacial score (nSPS) is 12.5. The maximum atomic E-state index is 12.0. The fourth-order valence-electron chi connectivity index (χ4n) is 1.83. The topological polar surface area (TPSA) is 65.4 Å². The average molecular weight is 259 g/mol. The summed E-state index contributed by atoms with van der Waals surface area (Å²) in [4.78, 5) is 12.0. The number of hydrogen-bond donors (Lipinski definition) is 1. The van der Waals surface area contributed by atoms with E-state index in [9.17, 15) is 4.79 Å². The first-order valence-corrected chi connectivity index (χ1v) is 6.00. The zero-order valence-corrected chi connectivity index (χ0v) is 10.4. The third kappa shape index (κ3) is 2.24. The molecule has 0 unspecified atom stereocenters. The van der Waals surface area contributed by atoms with Crippen LogP contribution in [0.15, 0.2) is 30.5 Å². The molecule has 1 amide bonds. The van der Waals surface area contributed by atoms with Gasteiger partial charge in [0.25, 0.3) is 5.91 Å². The van der Waals surface area contributed by atoms with E-state index in [1.165, 1.54) is 0 Å². The predicted octanol–water partition coefficient (Wildman–Crippen LogP) is 1.88. The molecule has 1 N–H and O–H groups in total. The van der Waals surface area contributed by atoms with E-state index in [2.05, 4.69) is 10.4 Å². The summed E-state index contributed by atoms with van der Waals surface area (Å²) in [5.74, 6) is 1.08. The van der Waals surface area contributed by atoms with Crippen LogP contribution < -0.4 is 14.8 Å². The summed E-state index contributed by atoms with van der Waals surface area (Å²) in [5.41, 5.74) is 1.04. The van der Waals surface area contributed by atoms with Gasteiger partial charge in [-0.25, -0.2) is 0 Å². The van der Waals surface area contributed by atoms with Gasteiger partial charge in [0.1, 0.15) is 0 Å². The smallest absolute Gasteiger partial charge is 0.276 e. The van der Waals surface area contributed by atoms with Gasteiger partial charge in [-0.15, -0.1) is 0 Å². The lowest BCUT2D eigenvalue weighted by Gasteiger charge is -2.04. The molecule has 1 aliphatic rings. The molecule has 0 spiro atoms. The Bertz CT molecular complexity index is 621. The molecule has 19 heavy (non-hydrogen) atoms. The van der Waals surface area contributed by atoms with Crippen molar-refractivity contribution in [2.24, 2.45) is 0 Å². The lowest BCUT2D eigenvalue weighted by atomic mass is 10.2. The lowest BCUT2D eigenvalue weighted by molar-refractivity contribution is 0.102. The van der Waals surface area contributed by atoms with Crippen molar-refractivity contribution in [3.8, 4) is 11.5 Å². The van der Waals surface area contributed by atoms with Crippen molar-refractivity contribution < 1.29 is 14.3 Å². The van der Waals surface area contributed by atoms with E-state index in [1.54, 1.807) is 35.1 Å². The fraction of sp³-hybridized carbons (Fsp3) is 0.231.